The van der Waals surface area contributed by atoms with Crippen LogP contribution in [-0.4, -0.2) is 30.7 Å². The van der Waals surface area contributed by atoms with Crippen LogP contribution < -0.4 is 0 Å². The molecule has 3 aromatic rings. The molecule has 0 saturated heterocycles. The third-order valence-electron chi connectivity index (χ3n) is 2.92. The van der Waals surface area contributed by atoms with Gasteiger partial charge in [-0.15, -0.1) is 5.10 Å². The summed E-state index contributed by atoms with van der Waals surface area (Å²) in [6, 6.07) is 11.7. The van der Waals surface area contributed by atoms with Gasteiger partial charge in [0.05, 0.1) is 12.1 Å². The van der Waals surface area contributed by atoms with E-state index in [1.54, 1.807) is 10.7 Å². The second kappa shape index (κ2) is 5.08. The molecule has 0 saturated carbocycles. The van der Waals surface area contributed by atoms with Crippen LogP contribution in [0, 0.1) is 0 Å². The van der Waals surface area contributed by atoms with Crippen LogP contribution in [0.4, 0.5) is 0 Å². The summed E-state index contributed by atoms with van der Waals surface area (Å²) in [5.41, 5.74) is 1.89. The highest BCUT2D eigenvalue weighted by atomic mass is 16.4. The highest BCUT2D eigenvalue weighted by Crippen LogP contribution is 2.18. The number of hydrogen-bond donors (Lipinski definition) is 1. The molecule has 0 spiro atoms. The van der Waals surface area contributed by atoms with Crippen molar-refractivity contribution in [2.24, 2.45) is 0 Å². The highest BCUT2D eigenvalue weighted by molar-refractivity contribution is 5.67. The summed E-state index contributed by atoms with van der Waals surface area (Å²) in [7, 11) is 0. The molecule has 1 N–H and O–H groups in total. The zero-order valence-electron chi connectivity index (χ0n) is 10.6. The monoisotopic (exact) mass is 268 g/mol. The lowest BCUT2D eigenvalue weighted by molar-refractivity contribution is -0.137. The standard InChI is InChI=1S/C14H12N4O2/c19-13(20)7-6-12-16-14-15-9-8-11(18(14)17-12)10-4-2-1-3-5-10/h1-5,8-9H,6-7H2,(H,19,20). The van der Waals surface area contributed by atoms with Gasteiger partial charge in [0.2, 0.25) is 0 Å². The van der Waals surface area contributed by atoms with E-state index in [0.29, 0.717) is 18.0 Å². The Kier molecular flexibility index (Phi) is 3.12. The first-order valence-electron chi connectivity index (χ1n) is 6.22. The van der Waals surface area contributed by atoms with Crippen LogP contribution in [0.5, 0.6) is 0 Å². The topological polar surface area (TPSA) is 80.4 Å². The van der Waals surface area contributed by atoms with Crippen molar-refractivity contribution >= 4 is 11.7 Å². The summed E-state index contributed by atoms with van der Waals surface area (Å²) < 4.78 is 1.65. The van der Waals surface area contributed by atoms with E-state index in [2.05, 4.69) is 15.1 Å². The Morgan fingerprint density at radius 2 is 2.00 bits per heavy atom. The third kappa shape index (κ3) is 2.35. The van der Waals surface area contributed by atoms with Gasteiger partial charge in [0.1, 0.15) is 0 Å². The highest BCUT2D eigenvalue weighted by Gasteiger charge is 2.10. The maximum atomic E-state index is 10.6. The molecule has 3 rings (SSSR count). The van der Waals surface area contributed by atoms with Gasteiger partial charge in [-0.05, 0) is 6.07 Å². The maximum Gasteiger partial charge on any atom is 0.303 e. The molecule has 0 radical (unpaired) electrons. The van der Waals surface area contributed by atoms with Crippen molar-refractivity contribution in [1.82, 2.24) is 19.6 Å². The van der Waals surface area contributed by atoms with Crippen molar-refractivity contribution in [3.05, 3.63) is 48.4 Å². The normalized spacial score (nSPS) is 10.8. The molecule has 2 aromatic heterocycles. The molecule has 0 aliphatic carbocycles. The average molecular weight is 268 g/mol. The lowest BCUT2D eigenvalue weighted by Crippen LogP contribution is -1.99. The predicted molar refractivity (Wildman–Crippen MR) is 72.2 cm³/mol. The largest absolute Gasteiger partial charge is 0.481 e. The van der Waals surface area contributed by atoms with Crippen LogP contribution in [-0.2, 0) is 11.2 Å². The SMILES string of the molecule is O=C(O)CCc1nc2nccc(-c3ccccc3)n2n1. The average Bonchev–Trinajstić information content (AvgIpc) is 2.89. The van der Waals surface area contributed by atoms with Gasteiger partial charge >= 0.3 is 5.97 Å². The van der Waals surface area contributed by atoms with E-state index in [-0.39, 0.29) is 6.42 Å². The van der Waals surface area contributed by atoms with Gasteiger partial charge in [0, 0.05) is 18.2 Å². The van der Waals surface area contributed by atoms with Crippen molar-refractivity contribution in [3.8, 4) is 11.3 Å². The molecule has 1 aromatic carbocycles. The number of rotatable bonds is 4. The molecule has 0 aliphatic rings. The molecular weight excluding hydrogens is 256 g/mol. The number of benzene rings is 1. The van der Waals surface area contributed by atoms with Crippen molar-refractivity contribution < 1.29 is 9.90 Å². The summed E-state index contributed by atoms with van der Waals surface area (Å²) in [5, 5.41) is 13.0. The van der Waals surface area contributed by atoms with Crippen LogP contribution in [0.15, 0.2) is 42.6 Å². The predicted octanol–water partition coefficient (Wildman–Crippen LogP) is 1.81. The first kappa shape index (κ1) is 12.3. The van der Waals surface area contributed by atoms with E-state index in [4.69, 9.17) is 5.11 Å². The van der Waals surface area contributed by atoms with Gasteiger partial charge in [-0.25, -0.2) is 4.98 Å². The van der Waals surface area contributed by atoms with E-state index >= 15 is 0 Å². The van der Waals surface area contributed by atoms with E-state index in [1.165, 1.54) is 0 Å². The molecule has 0 atom stereocenters. The number of fused-ring (bicyclic) bond motifs is 1. The van der Waals surface area contributed by atoms with Crippen LogP contribution in [0.2, 0.25) is 0 Å². The maximum absolute atomic E-state index is 10.6. The molecule has 0 amide bonds. The van der Waals surface area contributed by atoms with E-state index in [0.717, 1.165) is 11.3 Å². The molecular formula is C14H12N4O2. The van der Waals surface area contributed by atoms with Gasteiger partial charge in [-0.2, -0.15) is 9.50 Å². The molecule has 0 unspecified atom stereocenters. The zero-order chi connectivity index (χ0) is 13.9. The molecule has 20 heavy (non-hydrogen) atoms. The fourth-order valence-corrected chi connectivity index (χ4v) is 1.99. The summed E-state index contributed by atoms with van der Waals surface area (Å²) in [6.07, 6.45) is 1.98. The van der Waals surface area contributed by atoms with Crippen molar-refractivity contribution in [2.75, 3.05) is 0 Å². The van der Waals surface area contributed by atoms with Crippen LogP contribution in [0.3, 0.4) is 0 Å². The Balaban J connectivity index is 2.04. The van der Waals surface area contributed by atoms with Crippen LogP contribution in [0.25, 0.3) is 17.0 Å². The summed E-state index contributed by atoms with van der Waals surface area (Å²) >= 11 is 0. The smallest absolute Gasteiger partial charge is 0.303 e. The number of hydrogen-bond acceptors (Lipinski definition) is 4. The minimum absolute atomic E-state index is 0.0115. The quantitative estimate of drug-likeness (QED) is 0.780. The summed E-state index contributed by atoms with van der Waals surface area (Å²) in [6.45, 7) is 0. The van der Waals surface area contributed by atoms with Crippen molar-refractivity contribution in [3.63, 3.8) is 0 Å². The Bertz CT molecular complexity index is 752. The van der Waals surface area contributed by atoms with Crippen LogP contribution in [0.1, 0.15) is 12.2 Å². The molecule has 100 valence electrons. The molecule has 6 heteroatoms. The fraction of sp³-hybridized carbons (Fsp3) is 0.143. The molecule has 2 heterocycles. The van der Waals surface area contributed by atoms with E-state index in [9.17, 15) is 4.79 Å². The minimum atomic E-state index is -0.861. The van der Waals surface area contributed by atoms with Gasteiger partial charge < -0.3 is 5.11 Å². The lowest BCUT2D eigenvalue weighted by atomic mass is 10.1. The summed E-state index contributed by atoms with van der Waals surface area (Å²) in [4.78, 5) is 19.0. The van der Waals surface area contributed by atoms with E-state index < -0.39 is 5.97 Å². The van der Waals surface area contributed by atoms with Gasteiger partial charge in [0.25, 0.3) is 5.78 Å². The van der Waals surface area contributed by atoms with Gasteiger partial charge in [0.15, 0.2) is 5.82 Å². The number of aryl methyl sites for hydroxylation is 1. The molecule has 0 fully saturated rings. The number of carboxylic acid groups (broad SMARTS) is 1. The van der Waals surface area contributed by atoms with Crippen LogP contribution >= 0.6 is 0 Å². The van der Waals surface area contributed by atoms with Crippen molar-refractivity contribution in [1.29, 1.82) is 0 Å². The Hall–Kier alpha value is -2.76. The van der Waals surface area contributed by atoms with E-state index in [1.807, 2.05) is 36.4 Å². The minimum Gasteiger partial charge on any atom is -0.481 e. The number of aliphatic carboxylic acids is 1. The summed E-state index contributed by atoms with van der Waals surface area (Å²) in [5.74, 6) is 0.107. The lowest BCUT2D eigenvalue weighted by Gasteiger charge is -2.02. The number of carbonyl (C=O) groups is 1. The zero-order valence-corrected chi connectivity index (χ0v) is 10.6. The second-order valence-corrected chi connectivity index (χ2v) is 4.33. The Morgan fingerprint density at radius 1 is 1.20 bits per heavy atom. The fourth-order valence-electron chi connectivity index (χ4n) is 1.99. The number of aromatic nitrogens is 4. The third-order valence-corrected chi connectivity index (χ3v) is 2.92. The van der Waals surface area contributed by atoms with Crippen molar-refractivity contribution in [2.45, 2.75) is 12.8 Å². The Morgan fingerprint density at radius 3 is 2.75 bits per heavy atom. The second-order valence-electron chi connectivity index (χ2n) is 4.33. The van der Waals surface area contributed by atoms with Gasteiger partial charge in [-0.3, -0.25) is 4.79 Å². The molecule has 6 nitrogen and oxygen atoms in total. The first-order valence-corrected chi connectivity index (χ1v) is 6.22. The number of nitrogens with zero attached hydrogens (tertiary/aromatic N) is 4. The Labute approximate surface area is 114 Å². The first-order chi connectivity index (χ1) is 9.74. The molecule has 0 bridgehead atoms. The van der Waals surface area contributed by atoms with Gasteiger partial charge in [-0.1, -0.05) is 30.3 Å². The number of carboxylic acids is 1. The molecule has 0 aliphatic heterocycles.